The molecule has 2 aromatic carbocycles. The number of hydrogen-bond donors (Lipinski definition) is 2. The van der Waals surface area contributed by atoms with Crippen molar-refractivity contribution in [2.45, 2.75) is 19.3 Å². The van der Waals surface area contributed by atoms with Gasteiger partial charge in [-0.05, 0) is 37.1 Å². The number of ether oxygens (including phenoxy) is 2. The van der Waals surface area contributed by atoms with Crippen LogP contribution in [0.4, 0.5) is 5.69 Å². The van der Waals surface area contributed by atoms with Crippen LogP contribution in [-0.4, -0.2) is 40.8 Å². The number of aromatic amines is 1. The molecular formula is C19H21N5O3. The predicted molar refractivity (Wildman–Crippen MR) is 100.0 cm³/mol. The summed E-state index contributed by atoms with van der Waals surface area (Å²) in [4.78, 5) is 12.9. The summed E-state index contributed by atoms with van der Waals surface area (Å²) in [7, 11) is 3.17. The number of aryl methyl sites for hydroxylation is 1. The Morgan fingerprint density at radius 1 is 1.15 bits per heavy atom. The molecule has 27 heavy (non-hydrogen) atoms. The normalized spacial score (nSPS) is 11.7. The number of anilines is 1. The molecule has 3 aromatic rings. The van der Waals surface area contributed by atoms with E-state index in [0.29, 0.717) is 29.4 Å². The number of nitrogens with zero attached hydrogens (tertiary/aromatic N) is 3. The lowest BCUT2D eigenvalue weighted by atomic mass is 9.96. The van der Waals surface area contributed by atoms with Crippen molar-refractivity contribution in [2.24, 2.45) is 0 Å². The Morgan fingerprint density at radius 2 is 1.93 bits per heavy atom. The molecule has 0 fully saturated rings. The highest BCUT2D eigenvalue weighted by atomic mass is 16.5. The first-order valence-corrected chi connectivity index (χ1v) is 8.42. The molecule has 8 heteroatoms. The number of rotatable bonds is 7. The van der Waals surface area contributed by atoms with Crippen LogP contribution in [0, 0.1) is 6.92 Å². The summed E-state index contributed by atoms with van der Waals surface area (Å²) < 4.78 is 10.7. The molecule has 1 heterocycles. The van der Waals surface area contributed by atoms with Gasteiger partial charge in [0.15, 0.2) is 5.82 Å². The highest BCUT2D eigenvalue weighted by Gasteiger charge is 2.27. The number of carbonyl (C=O) groups excluding carboxylic acids is 1. The van der Waals surface area contributed by atoms with Crippen LogP contribution in [0.2, 0.25) is 0 Å². The van der Waals surface area contributed by atoms with E-state index in [1.165, 1.54) is 0 Å². The smallest absolute Gasteiger partial charge is 0.235 e. The Labute approximate surface area is 156 Å². The van der Waals surface area contributed by atoms with Crippen LogP contribution in [-0.2, 0) is 11.2 Å². The lowest BCUT2D eigenvalue weighted by Gasteiger charge is -2.16. The zero-order valence-corrected chi connectivity index (χ0v) is 15.4. The second-order valence-corrected chi connectivity index (χ2v) is 6.06. The van der Waals surface area contributed by atoms with E-state index in [1.807, 2.05) is 43.3 Å². The summed E-state index contributed by atoms with van der Waals surface area (Å²) in [6.07, 6.45) is 0.352. The van der Waals surface area contributed by atoms with Gasteiger partial charge < -0.3 is 14.8 Å². The van der Waals surface area contributed by atoms with Crippen LogP contribution >= 0.6 is 0 Å². The van der Waals surface area contributed by atoms with E-state index in [9.17, 15) is 4.79 Å². The second-order valence-electron chi connectivity index (χ2n) is 6.06. The van der Waals surface area contributed by atoms with Crippen LogP contribution in [0.25, 0.3) is 0 Å². The molecular weight excluding hydrogens is 346 g/mol. The molecule has 1 amide bonds. The first-order valence-electron chi connectivity index (χ1n) is 8.42. The van der Waals surface area contributed by atoms with E-state index < -0.39 is 5.92 Å². The second kappa shape index (κ2) is 8.31. The van der Waals surface area contributed by atoms with Gasteiger partial charge in [0.25, 0.3) is 0 Å². The third kappa shape index (κ3) is 4.41. The first-order chi connectivity index (χ1) is 13.1. The maximum absolute atomic E-state index is 12.9. The van der Waals surface area contributed by atoms with Crippen LogP contribution in [0.1, 0.15) is 22.9 Å². The van der Waals surface area contributed by atoms with Crippen molar-refractivity contribution in [3.05, 3.63) is 59.4 Å². The maximum Gasteiger partial charge on any atom is 0.235 e. The fraction of sp³-hybridized carbons (Fsp3) is 0.263. The van der Waals surface area contributed by atoms with Crippen molar-refractivity contribution in [1.82, 2.24) is 20.6 Å². The minimum atomic E-state index is -0.632. The van der Waals surface area contributed by atoms with E-state index >= 15 is 0 Å². The van der Waals surface area contributed by atoms with Gasteiger partial charge >= 0.3 is 0 Å². The lowest BCUT2D eigenvalue weighted by Crippen LogP contribution is -2.24. The largest absolute Gasteiger partial charge is 0.497 e. The highest BCUT2D eigenvalue weighted by molar-refractivity contribution is 5.95. The predicted octanol–water partition coefficient (Wildman–Crippen LogP) is 2.49. The molecule has 140 valence electrons. The van der Waals surface area contributed by atoms with Gasteiger partial charge in [0.2, 0.25) is 5.91 Å². The number of benzene rings is 2. The van der Waals surface area contributed by atoms with E-state index in [-0.39, 0.29) is 5.91 Å². The fourth-order valence-corrected chi connectivity index (χ4v) is 2.73. The van der Waals surface area contributed by atoms with E-state index in [4.69, 9.17) is 9.47 Å². The molecule has 0 saturated carbocycles. The number of hydrogen-bond acceptors (Lipinski definition) is 6. The molecule has 2 N–H and O–H groups in total. The quantitative estimate of drug-likeness (QED) is 0.665. The summed E-state index contributed by atoms with van der Waals surface area (Å²) in [5, 5.41) is 16.9. The van der Waals surface area contributed by atoms with Crippen molar-refractivity contribution in [2.75, 3.05) is 19.5 Å². The van der Waals surface area contributed by atoms with Gasteiger partial charge in [0, 0.05) is 11.8 Å². The van der Waals surface area contributed by atoms with Crippen molar-refractivity contribution in [3.63, 3.8) is 0 Å². The number of methoxy groups -OCH3 is 2. The van der Waals surface area contributed by atoms with Crippen molar-refractivity contribution in [3.8, 4) is 11.5 Å². The Balaban J connectivity index is 1.86. The standard InChI is InChI=1S/C19H21N5O3/c1-12-4-7-14(8-5-12)20-19(25)16(18-21-23-24-22-18)10-13-6-9-15(26-2)11-17(13)27-3/h4-9,11,16H,10H2,1-3H3,(H,20,25)(H,21,22,23,24). The van der Waals surface area contributed by atoms with E-state index in [2.05, 4.69) is 25.9 Å². The summed E-state index contributed by atoms with van der Waals surface area (Å²) >= 11 is 0. The molecule has 1 atom stereocenters. The zero-order valence-electron chi connectivity index (χ0n) is 15.4. The molecule has 8 nitrogen and oxygen atoms in total. The minimum absolute atomic E-state index is 0.224. The van der Waals surface area contributed by atoms with Gasteiger partial charge in [-0.2, -0.15) is 5.21 Å². The monoisotopic (exact) mass is 367 g/mol. The Morgan fingerprint density at radius 3 is 2.56 bits per heavy atom. The molecule has 0 aliphatic carbocycles. The molecule has 0 spiro atoms. The minimum Gasteiger partial charge on any atom is -0.497 e. The van der Waals surface area contributed by atoms with Gasteiger partial charge in [-0.1, -0.05) is 29.0 Å². The van der Waals surface area contributed by atoms with Gasteiger partial charge in [0.05, 0.1) is 14.2 Å². The number of H-pyrrole nitrogens is 1. The van der Waals surface area contributed by atoms with Crippen LogP contribution < -0.4 is 14.8 Å². The summed E-state index contributed by atoms with van der Waals surface area (Å²) in [6, 6.07) is 13.0. The number of nitrogens with one attached hydrogen (secondary N) is 2. The number of amides is 1. The maximum atomic E-state index is 12.9. The molecule has 0 radical (unpaired) electrons. The first kappa shape index (κ1) is 18.4. The molecule has 0 saturated heterocycles. The van der Waals surface area contributed by atoms with Gasteiger partial charge in [-0.3, -0.25) is 4.79 Å². The van der Waals surface area contributed by atoms with Crippen LogP contribution in [0.5, 0.6) is 11.5 Å². The summed E-state index contributed by atoms with van der Waals surface area (Å²) in [5.74, 6) is 0.768. The molecule has 0 aliphatic heterocycles. The van der Waals surface area contributed by atoms with Gasteiger partial charge in [-0.15, -0.1) is 10.2 Å². The lowest BCUT2D eigenvalue weighted by molar-refractivity contribution is -0.117. The average Bonchev–Trinajstić information content (AvgIpc) is 3.22. The van der Waals surface area contributed by atoms with Gasteiger partial charge in [0.1, 0.15) is 17.4 Å². The third-order valence-electron chi connectivity index (χ3n) is 4.23. The van der Waals surface area contributed by atoms with Crippen molar-refractivity contribution in [1.29, 1.82) is 0 Å². The Hall–Kier alpha value is -3.42. The fourth-order valence-electron chi connectivity index (χ4n) is 2.73. The SMILES string of the molecule is COc1ccc(CC(C(=O)Nc2ccc(C)cc2)c2nn[nH]n2)c(OC)c1. The Bertz CT molecular complexity index is 894. The molecule has 3 rings (SSSR count). The molecule has 0 aliphatic rings. The van der Waals surface area contributed by atoms with Crippen LogP contribution in [0.3, 0.4) is 0 Å². The van der Waals surface area contributed by atoms with Gasteiger partial charge in [-0.25, -0.2) is 0 Å². The number of aromatic nitrogens is 4. The van der Waals surface area contributed by atoms with E-state index in [0.717, 1.165) is 11.1 Å². The number of tetrazole rings is 1. The molecule has 1 aromatic heterocycles. The highest BCUT2D eigenvalue weighted by Crippen LogP contribution is 2.29. The van der Waals surface area contributed by atoms with Crippen molar-refractivity contribution < 1.29 is 14.3 Å². The topological polar surface area (TPSA) is 102 Å². The zero-order chi connectivity index (χ0) is 19.2. The summed E-state index contributed by atoms with van der Waals surface area (Å²) in [6.45, 7) is 1.99. The third-order valence-corrected chi connectivity index (χ3v) is 4.23. The average molecular weight is 367 g/mol. The summed E-state index contributed by atoms with van der Waals surface area (Å²) in [5.41, 5.74) is 2.67. The van der Waals surface area contributed by atoms with Crippen molar-refractivity contribution >= 4 is 11.6 Å². The molecule has 0 bridgehead atoms. The van der Waals surface area contributed by atoms with E-state index in [1.54, 1.807) is 20.3 Å². The van der Waals surface area contributed by atoms with Crippen LogP contribution in [0.15, 0.2) is 42.5 Å². The number of carbonyl (C=O) groups is 1. The Kier molecular flexibility index (Phi) is 5.65. The molecule has 1 unspecified atom stereocenters.